The molecule has 1 heterocycles. The molecule has 1 aliphatic rings. The number of carbonyl (C=O) groups is 4. The van der Waals surface area contributed by atoms with Crippen molar-refractivity contribution in [3.8, 4) is 0 Å². The first-order chi connectivity index (χ1) is 17.4. The average molecular weight is 485 g/mol. The van der Waals surface area contributed by atoms with Crippen LogP contribution in [0.15, 0.2) is 84.9 Å². The lowest BCUT2D eigenvalue weighted by Gasteiger charge is -2.28. The molecule has 0 spiro atoms. The van der Waals surface area contributed by atoms with Gasteiger partial charge in [0.2, 0.25) is 5.91 Å². The molecule has 8 nitrogen and oxygen atoms in total. The van der Waals surface area contributed by atoms with Crippen molar-refractivity contribution in [3.63, 3.8) is 0 Å². The summed E-state index contributed by atoms with van der Waals surface area (Å²) in [5.41, 5.74) is 0.755. The van der Waals surface area contributed by atoms with Crippen LogP contribution in [0.1, 0.15) is 35.3 Å². The number of benzene rings is 3. The number of anilines is 1. The second-order valence-electron chi connectivity index (χ2n) is 8.41. The Morgan fingerprint density at radius 3 is 1.86 bits per heavy atom. The van der Waals surface area contributed by atoms with Crippen LogP contribution in [0.5, 0.6) is 0 Å². The second-order valence-corrected chi connectivity index (χ2v) is 8.41. The molecule has 0 bridgehead atoms. The molecule has 8 heteroatoms. The topological polar surface area (TPSA) is 98.8 Å². The molecular formula is C28H28N4O4. The Morgan fingerprint density at radius 2 is 1.36 bits per heavy atom. The summed E-state index contributed by atoms with van der Waals surface area (Å²) < 4.78 is 0. The van der Waals surface area contributed by atoms with E-state index >= 15 is 0 Å². The van der Waals surface area contributed by atoms with Gasteiger partial charge in [-0.3, -0.25) is 19.3 Å². The van der Waals surface area contributed by atoms with Gasteiger partial charge in [-0.1, -0.05) is 60.7 Å². The maximum Gasteiger partial charge on any atom is 0.326 e. The highest BCUT2D eigenvalue weighted by Crippen LogP contribution is 2.35. The van der Waals surface area contributed by atoms with Crippen LogP contribution in [0, 0.1) is 0 Å². The minimum absolute atomic E-state index is 0.0876. The smallest absolute Gasteiger partial charge is 0.326 e. The van der Waals surface area contributed by atoms with E-state index < -0.39 is 29.9 Å². The fourth-order valence-electron chi connectivity index (χ4n) is 4.39. The molecule has 0 aromatic heterocycles. The van der Waals surface area contributed by atoms with E-state index in [1.807, 2.05) is 26.0 Å². The lowest BCUT2D eigenvalue weighted by Crippen LogP contribution is -2.45. The third kappa shape index (κ3) is 4.57. The first kappa shape index (κ1) is 24.7. The standard InChI is InChI=1S/C28H28N4O4/c1-3-31(4-2)25(34)20-15-17-23(18-16-20)29-24(33)19-32-26(35)28(30-27(32)36,21-11-7-5-8-12-21)22-13-9-6-10-14-22/h5-18H,3-4,19H2,1-2H3,(H,29,33)(H,30,36). The summed E-state index contributed by atoms with van der Waals surface area (Å²) in [5, 5.41) is 5.53. The van der Waals surface area contributed by atoms with Gasteiger partial charge in [-0.25, -0.2) is 4.79 Å². The van der Waals surface area contributed by atoms with Crippen LogP contribution >= 0.6 is 0 Å². The lowest BCUT2D eigenvalue weighted by molar-refractivity contribution is -0.133. The summed E-state index contributed by atoms with van der Waals surface area (Å²) >= 11 is 0. The predicted molar refractivity (Wildman–Crippen MR) is 136 cm³/mol. The minimum Gasteiger partial charge on any atom is -0.339 e. The monoisotopic (exact) mass is 484 g/mol. The van der Waals surface area contributed by atoms with Crippen molar-refractivity contribution < 1.29 is 19.2 Å². The van der Waals surface area contributed by atoms with E-state index in [1.54, 1.807) is 77.7 Å². The second kappa shape index (κ2) is 10.4. The zero-order valence-electron chi connectivity index (χ0n) is 20.2. The Kier molecular flexibility index (Phi) is 7.15. The van der Waals surface area contributed by atoms with Crippen molar-refractivity contribution in [2.45, 2.75) is 19.4 Å². The van der Waals surface area contributed by atoms with Crippen molar-refractivity contribution in [1.29, 1.82) is 0 Å². The van der Waals surface area contributed by atoms with Gasteiger partial charge in [0.25, 0.3) is 11.8 Å². The minimum atomic E-state index is -1.42. The van der Waals surface area contributed by atoms with Crippen molar-refractivity contribution in [2.24, 2.45) is 0 Å². The Hall–Kier alpha value is -4.46. The van der Waals surface area contributed by atoms with E-state index in [0.717, 1.165) is 4.90 Å². The molecule has 36 heavy (non-hydrogen) atoms. The molecule has 1 fully saturated rings. The van der Waals surface area contributed by atoms with Gasteiger partial charge in [0.15, 0.2) is 5.54 Å². The van der Waals surface area contributed by atoms with Crippen LogP contribution in [0.4, 0.5) is 10.5 Å². The third-order valence-corrected chi connectivity index (χ3v) is 6.29. The maximum atomic E-state index is 13.7. The lowest BCUT2D eigenvalue weighted by atomic mass is 9.82. The maximum absolute atomic E-state index is 13.7. The predicted octanol–water partition coefficient (Wildman–Crippen LogP) is 3.60. The highest BCUT2D eigenvalue weighted by Gasteiger charge is 2.54. The van der Waals surface area contributed by atoms with Crippen LogP contribution in [-0.4, -0.2) is 53.2 Å². The summed E-state index contributed by atoms with van der Waals surface area (Å²) in [6, 6.07) is 23.8. The summed E-state index contributed by atoms with van der Waals surface area (Å²) in [4.78, 5) is 54.6. The summed E-state index contributed by atoms with van der Waals surface area (Å²) in [5.74, 6) is -1.14. The number of hydrogen-bond donors (Lipinski definition) is 2. The highest BCUT2D eigenvalue weighted by atomic mass is 16.2. The number of amides is 5. The van der Waals surface area contributed by atoms with Gasteiger partial charge in [-0.15, -0.1) is 0 Å². The van der Waals surface area contributed by atoms with Crippen molar-refractivity contribution in [2.75, 3.05) is 25.0 Å². The molecule has 2 N–H and O–H groups in total. The first-order valence-electron chi connectivity index (χ1n) is 11.8. The Balaban J connectivity index is 1.52. The number of urea groups is 1. The van der Waals surface area contributed by atoms with E-state index in [-0.39, 0.29) is 5.91 Å². The fraction of sp³-hybridized carbons (Fsp3) is 0.214. The van der Waals surface area contributed by atoms with Crippen LogP contribution in [-0.2, 0) is 15.1 Å². The van der Waals surface area contributed by atoms with Crippen molar-refractivity contribution in [1.82, 2.24) is 15.1 Å². The number of nitrogens with one attached hydrogen (secondary N) is 2. The van der Waals surface area contributed by atoms with Gasteiger partial charge < -0.3 is 15.5 Å². The number of hydrogen-bond acceptors (Lipinski definition) is 4. The number of nitrogens with zero attached hydrogens (tertiary/aromatic N) is 2. The van der Waals surface area contributed by atoms with E-state index in [2.05, 4.69) is 10.6 Å². The molecular weight excluding hydrogens is 456 g/mol. The molecule has 1 saturated heterocycles. The molecule has 0 aliphatic carbocycles. The van der Waals surface area contributed by atoms with E-state index in [4.69, 9.17) is 0 Å². The van der Waals surface area contributed by atoms with Gasteiger partial charge in [0.05, 0.1) is 0 Å². The Bertz CT molecular complexity index is 1220. The van der Waals surface area contributed by atoms with Gasteiger partial charge in [-0.2, -0.15) is 0 Å². The third-order valence-electron chi connectivity index (χ3n) is 6.29. The largest absolute Gasteiger partial charge is 0.339 e. The number of imide groups is 1. The molecule has 0 unspecified atom stereocenters. The molecule has 5 amide bonds. The number of rotatable bonds is 8. The highest BCUT2D eigenvalue weighted by molar-refractivity contribution is 6.12. The van der Waals surface area contributed by atoms with Crippen LogP contribution in [0.2, 0.25) is 0 Å². The first-order valence-corrected chi connectivity index (χ1v) is 11.8. The van der Waals surface area contributed by atoms with Crippen LogP contribution in [0.3, 0.4) is 0 Å². The molecule has 0 saturated carbocycles. The molecule has 3 aromatic carbocycles. The SMILES string of the molecule is CCN(CC)C(=O)c1ccc(NC(=O)CN2C(=O)NC(c3ccccc3)(c3ccccc3)C2=O)cc1. The van der Waals surface area contributed by atoms with Gasteiger partial charge in [0.1, 0.15) is 6.54 Å². The zero-order valence-corrected chi connectivity index (χ0v) is 20.2. The Morgan fingerprint density at radius 1 is 0.833 bits per heavy atom. The average Bonchev–Trinajstić information content (AvgIpc) is 3.16. The van der Waals surface area contributed by atoms with E-state index in [9.17, 15) is 19.2 Å². The Labute approximate surface area is 209 Å². The summed E-state index contributed by atoms with van der Waals surface area (Å²) in [6.07, 6.45) is 0. The zero-order chi connectivity index (χ0) is 25.7. The van der Waals surface area contributed by atoms with Gasteiger partial charge >= 0.3 is 6.03 Å². The van der Waals surface area contributed by atoms with E-state index in [1.165, 1.54) is 0 Å². The van der Waals surface area contributed by atoms with Crippen LogP contribution < -0.4 is 10.6 Å². The number of carbonyl (C=O) groups excluding carboxylic acids is 4. The molecule has 3 aromatic rings. The molecule has 184 valence electrons. The van der Waals surface area contributed by atoms with Gasteiger partial charge in [-0.05, 0) is 49.2 Å². The quantitative estimate of drug-likeness (QED) is 0.477. The molecule has 0 atom stereocenters. The molecule has 1 aliphatic heterocycles. The summed E-state index contributed by atoms with van der Waals surface area (Å²) in [6.45, 7) is 4.58. The van der Waals surface area contributed by atoms with Crippen LogP contribution in [0.25, 0.3) is 0 Å². The normalized spacial score (nSPS) is 14.3. The van der Waals surface area contributed by atoms with E-state index in [0.29, 0.717) is 35.5 Å². The fourth-order valence-corrected chi connectivity index (χ4v) is 4.39. The van der Waals surface area contributed by atoms with Crippen molar-refractivity contribution in [3.05, 3.63) is 102 Å². The van der Waals surface area contributed by atoms with Gasteiger partial charge in [0, 0.05) is 24.3 Å². The summed E-state index contributed by atoms with van der Waals surface area (Å²) in [7, 11) is 0. The molecule has 4 rings (SSSR count). The van der Waals surface area contributed by atoms with Crippen molar-refractivity contribution >= 4 is 29.4 Å². The molecule has 0 radical (unpaired) electrons.